The van der Waals surface area contributed by atoms with Crippen molar-refractivity contribution in [3.63, 3.8) is 0 Å². The van der Waals surface area contributed by atoms with Crippen LogP contribution in [-0.2, 0) is 24.3 Å². The number of ether oxygens (including phenoxy) is 2. The van der Waals surface area contributed by atoms with Gasteiger partial charge in [0.2, 0.25) is 15.9 Å². The molecular weight excluding hydrogens is 396 g/mol. The maximum atomic E-state index is 12.3. The molecule has 0 radical (unpaired) electrons. The summed E-state index contributed by atoms with van der Waals surface area (Å²) >= 11 is 0. The van der Waals surface area contributed by atoms with Crippen LogP contribution in [0.2, 0.25) is 0 Å². The zero-order valence-electron chi connectivity index (χ0n) is 15.9. The molecule has 0 N–H and O–H groups in total. The maximum absolute atomic E-state index is 12.3. The molecule has 29 heavy (non-hydrogen) atoms. The van der Waals surface area contributed by atoms with E-state index in [4.69, 9.17) is 9.47 Å². The number of aliphatic imine (C=N–C) groups is 1. The Morgan fingerprint density at radius 3 is 2.45 bits per heavy atom. The van der Waals surface area contributed by atoms with E-state index in [9.17, 15) is 18.0 Å². The quantitative estimate of drug-likeness (QED) is 0.422. The largest absolute Gasteiger partial charge is 0.427 e. The summed E-state index contributed by atoms with van der Waals surface area (Å²) in [5, 5.41) is 0. The van der Waals surface area contributed by atoms with Crippen LogP contribution in [0.5, 0.6) is 5.75 Å². The topological polar surface area (TPSA) is 102 Å². The molecule has 0 saturated heterocycles. The summed E-state index contributed by atoms with van der Waals surface area (Å²) in [5.74, 6) is -0.668. The zero-order valence-corrected chi connectivity index (χ0v) is 16.8. The standard InChI is InChI=1S/C20H18N2O6S/c1-13(23)27-16-9-7-14(8-10-16)11-18-20(24)28-19(21-18)15-5-4-6-17(12-15)29(25,26)22(2)3/h4-12H,1-3H3/b18-11-. The minimum atomic E-state index is -3.63. The first kappa shape index (κ1) is 20.4. The third-order valence-electron chi connectivity index (χ3n) is 3.93. The number of carbonyl (C=O) groups is 2. The van der Waals surface area contributed by atoms with Crippen molar-refractivity contribution in [3.05, 3.63) is 65.4 Å². The summed E-state index contributed by atoms with van der Waals surface area (Å²) in [6, 6.07) is 12.5. The molecule has 0 spiro atoms. The van der Waals surface area contributed by atoms with Crippen LogP contribution >= 0.6 is 0 Å². The van der Waals surface area contributed by atoms with Gasteiger partial charge in [-0.25, -0.2) is 22.5 Å². The van der Waals surface area contributed by atoms with Crippen LogP contribution in [0.25, 0.3) is 6.08 Å². The van der Waals surface area contributed by atoms with Crippen molar-refractivity contribution in [2.45, 2.75) is 11.8 Å². The van der Waals surface area contributed by atoms with E-state index >= 15 is 0 Å². The van der Waals surface area contributed by atoms with Gasteiger partial charge in [-0.3, -0.25) is 4.79 Å². The average Bonchev–Trinajstić information content (AvgIpc) is 3.03. The molecule has 0 unspecified atom stereocenters. The number of nitrogens with zero attached hydrogens (tertiary/aromatic N) is 2. The van der Waals surface area contributed by atoms with Gasteiger partial charge in [0.1, 0.15) is 5.75 Å². The van der Waals surface area contributed by atoms with Crippen LogP contribution in [0.3, 0.4) is 0 Å². The fourth-order valence-electron chi connectivity index (χ4n) is 2.49. The van der Waals surface area contributed by atoms with Gasteiger partial charge in [0, 0.05) is 26.6 Å². The number of sulfonamides is 1. The lowest BCUT2D eigenvalue weighted by Gasteiger charge is -2.11. The Bertz CT molecular complexity index is 1130. The van der Waals surface area contributed by atoms with E-state index in [2.05, 4.69) is 4.99 Å². The molecule has 0 aliphatic carbocycles. The van der Waals surface area contributed by atoms with Crippen molar-refractivity contribution in [1.82, 2.24) is 4.31 Å². The molecule has 2 aromatic rings. The lowest BCUT2D eigenvalue weighted by molar-refractivity contribution is -0.132. The van der Waals surface area contributed by atoms with E-state index in [1.807, 2.05) is 0 Å². The highest BCUT2D eigenvalue weighted by Crippen LogP contribution is 2.22. The lowest BCUT2D eigenvalue weighted by Crippen LogP contribution is -2.22. The first-order valence-corrected chi connectivity index (χ1v) is 9.95. The van der Waals surface area contributed by atoms with Crippen LogP contribution in [-0.4, -0.2) is 44.7 Å². The van der Waals surface area contributed by atoms with E-state index in [1.165, 1.54) is 39.2 Å². The van der Waals surface area contributed by atoms with Crippen LogP contribution < -0.4 is 4.74 Å². The Labute approximate surface area is 168 Å². The first-order chi connectivity index (χ1) is 13.7. The van der Waals surface area contributed by atoms with E-state index in [-0.39, 0.29) is 16.5 Å². The smallest absolute Gasteiger partial charge is 0.363 e. The van der Waals surface area contributed by atoms with Crippen molar-refractivity contribution in [2.75, 3.05) is 14.1 Å². The average molecular weight is 414 g/mol. The van der Waals surface area contributed by atoms with E-state index in [1.54, 1.807) is 36.4 Å². The minimum absolute atomic E-state index is 0.0218. The summed E-state index contributed by atoms with van der Waals surface area (Å²) < 4.78 is 35.9. The molecule has 1 aliphatic rings. The van der Waals surface area contributed by atoms with Gasteiger partial charge < -0.3 is 9.47 Å². The Morgan fingerprint density at radius 1 is 1.14 bits per heavy atom. The molecular formula is C20H18N2O6S. The Morgan fingerprint density at radius 2 is 1.83 bits per heavy atom. The zero-order chi connectivity index (χ0) is 21.2. The third-order valence-corrected chi connectivity index (χ3v) is 5.74. The highest BCUT2D eigenvalue weighted by Gasteiger charge is 2.26. The van der Waals surface area contributed by atoms with Gasteiger partial charge in [0.15, 0.2) is 5.70 Å². The molecule has 0 amide bonds. The Balaban J connectivity index is 1.89. The predicted molar refractivity (Wildman–Crippen MR) is 106 cm³/mol. The number of hydrogen-bond acceptors (Lipinski definition) is 7. The number of cyclic esters (lactones) is 1. The molecule has 2 aromatic carbocycles. The summed E-state index contributed by atoms with van der Waals surface area (Å²) in [4.78, 5) is 27.4. The molecule has 8 nitrogen and oxygen atoms in total. The van der Waals surface area contributed by atoms with Crippen molar-refractivity contribution < 1.29 is 27.5 Å². The number of rotatable bonds is 5. The van der Waals surface area contributed by atoms with Crippen LogP contribution in [0, 0.1) is 0 Å². The summed E-state index contributed by atoms with van der Waals surface area (Å²) in [6.07, 6.45) is 1.52. The van der Waals surface area contributed by atoms with Gasteiger partial charge in [0.05, 0.1) is 4.90 Å². The van der Waals surface area contributed by atoms with E-state index in [0.29, 0.717) is 16.9 Å². The van der Waals surface area contributed by atoms with Crippen molar-refractivity contribution in [2.24, 2.45) is 4.99 Å². The van der Waals surface area contributed by atoms with Crippen LogP contribution in [0.4, 0.5) is 0 Å². The molecule has 0 aromatic heterocycles. The van der Waals surface area contributed by atoms with Crippen molar-refractivity contribution >= 4 is 33.9 Å². The molecule has 3 rings (SSSR count). The Hall–Kier alpha value is -3.30. The maximum Gasteiger partial charge on any atom is 0.363 e. The number of carbonyl (C=O) groups excluding carboxylic acids is 2. The fraction of sp³-hybridized carbons (Fsp3) is 0.150. The highest BCUT2D eigenvalue weighted by molar-refractivity contribution is 7.89. The predicted octanol–water partition coefficient (Wildman–Crippen LogP) is 2.21. The normalized spacial score (nSPS) is 15.4. The molecule has 1 heterocycles. The number of esters is 2. The third kappa shape index (κ3) is 4.58. The molecule has 0 atom stereocenters. The summed E-state index contributed by atoms with van der Waals surface area (Å²) in [7, 11) is -0.764. The van der Waals surface area contributed by atoms with Gasteiger partial charge in [-0.15, -0.1) is 0 Å². The summed E-state index contributed by atoms with van der Waals surface area (Å²) in [6.45, 7) is 1.30. The molecule has 9 heteroatoms. The second-order valence-corrected chi connectivity index (χ2v) is 8.47. The molecule has 0 fully saturated rings. The number of hydrogen-bond donors (Lipinski definition) is 0. The minimum Gasteiger partial charge on any atom is -0.427 e. The highest BCUT2D eigenvalue weighted by atomic mass is 32.2. The van der Waals surface area contributed by atoms with Gasteiger partial charge >= 0.3 is 11.9 Å². The summed E-state index contributed by atoms with van der Waals surface area (Å²) in [5.41, 5.74) is 1.10. The molecule has 0 saturated carbocycles. The van der Waals surface area contributed by atoms with E-state index in [0.717, 1.165) is 4.31 Å². The fourth-order valence-corrected chi connectivity index (χ4v) is 3.44. The lowest BCUT2D eigenvalue weighted by atomic mass is 10.2. The van der Waals surface area contributed by atoms with Gasteiger partial charge in [0.25, 0.3) is 0 Å². The van der Waals surface area contributed by atoms with Crippen molar-refractivity contribution in [3.8, 4) is 5.75 Å². The van der Waals surface area contributed by atoms with Gasteiger partial charge in [-0.05, 0) is 42.0 Å². The Kier molecular flexibility index (Phi) is 5.62. The molecule has 1 aliphatic heterocycles. The SMILES string of the molecule is CC(=O)Oc1ccc(/C=C2\N=C(c3cccc(S(=O)(=O)N(C)C)c3)OC2=O)cc1. The van der Waals surface area contributed by atoms with Crippen LogP contribution in [0.15, 0.2) is 64.1 Å². The monoisotopic (exact) mass is 414 g/mol. The van der Waals surface area contributed by atoms with Crippen molar-refractivity contribution in [1.29, 1.82) is 0 Å². The van der Waals surface area contributed by atoms with E-state index < -0.39 is 22.0 Å². The molecule has 150 valence electrons. The van der Waals surface area contributed by atoms with Crippen LogP contribution in [0.1, 0.15) is 18.1 Å². The second-order valence-electron chi connectivity index (χ2n) is 6.31. The number of benzene rings is 2. The van der Waals surface area contributed by atoms with Gasteiger partial charge in [-0.1, -0.05) is 18.2 Å². The first-order valence-electron chi connectivity index (χ1n) is 8.51. The molecule has 0 bridgehead atoms. The second kappa shape index (κ2) is 7.98. The van der Waals surface area contributed by atoms with Gasteiger partial charge in [-0.2, -0.15) is 0 Å².